The van der Waals surface area contributed by atoms with Gasteiger partial charge in [-0.3, -0.25) is 101 Å². The maximum atomic E-state index is 14.5. The van der Waals surface area contributed by atoms with Crippen molar-refractivity contribution < 1.29 is 101 Å². The summed E-state index contributed by atoms with van der Waals surface area (Å²) in [4.78, 5) is 264. The van der Waals surface area contributed by atoms with E-state index in [1.807, 2.05) is 0 Å². The number of unbranched alkanes of at least 4 members (excludes halogenated alkanes) is 2. The number of nitrogens with two attached hydrogens (primary N) is 10. The van der Waals surface area contributed by atoms with E-state index in [0.717, 1.165) is 12.5 Å². The van der Waals surface area contributed by atoms with Crippen LogP contribution in [0.1, 0.15) is 149 Å². The van der Waals surface area contributed by atoms with Gasteiger partial charge in [0.15, 0.2) is 11.9 Å². The molecule has 15 atom stereocenters. The fraction of sp³-hybridized carbons (Fsp3) is 0.588. The van der Waals surface area contributed by atoms with Crippen molar-refractivity contribution >= 4 is 124 Å². The first-order chi connectivity index (χ1) is 60.9. The summed E-state index contributed by atoms with van der Waals surface area (Å²) >= 11 is 0. The number of amides is 19. The number of aliphatic hydroxyl groups excluding tert-OH is 2. The molecule has 0 aliphatic rings. The number of carbonyl (C=O) groups excluding carboxylic acids is 19. The Morgan fingerprint density at radius 3 is 1.19 bits per heavy atom. The van der Waals surface area contributed by atoms with Gasteiger partial charge in [0.05, 0.1) is 44.8 Å². The zero-order valence-corrected chi connectivity index (χ0v) is 73.5. The minimum atomic E-state index is -1.84. The van der Waals surface area contributed by atoms with Crippen LogP contribution in [0.25, 0.3) is 0 Å². The Kier molecular flexibility index (Phi) is 52.3. The van der Waals surface area contributed by atoms with Gasteiger partial charge in [-0.15, -0.1) is 0 Å². The van der Waals surface area contributed by atoms with Gasteiger partial charge in [-0.1, -0.05) is 81.4 Å². The lowest BCUT2D eigenvalue weighted by Gasteiger charge is -2.28. The molecular weight excluding hydrogens is 1690 g/mol. The Bertz CT molecular complexity index is 4120. The van der Waals surface area contributed by atoms with E-state index in [2.05, 4.69) is 95.1 Å². The second-order valence-electron chi connectivity index (χ2n) is 30.9. The first-order valence-corrected chi connectivity index (χ1v) is 42.2. The highest BCUT2D eigenvalue weighted by molar-refractivity contribution is 6.01. The fourth-order valence-electron chi connectivity index (χ4n) is 12.3. The number of guanidine groups is 2. The summed E-state index contributed by atoms with van der Waals surface area (Å²) < 4.78 is 0. The zero-order chi connectivity index (χ0) is 97.0. The highest BCUT2D eigenvalue weighted by atomic mass is 16.3. The third-order valence-electron chi connectivity index (χ3n) is 19.3. The molecule has 129 heavy (non-hydrogen) atoms. The van der Waals surface area contributed by atoms with Gasteiger partial charge in [0.1, 0.15) is 78.5 Å². The predicted molar refractivity (Wildman–Crippen MR) is 469 cm³/mol. The molecule has 0 fully saturated rings. The van der Waals surface area contributed by atoms with Crippen LogP contribution in [0.5, 0.6) is 0 Å². The van der Waals surface area contributed by atoms with Gasteiger partial charge in [0.2, 0.25) is 112 Å². The molecule has 0 aromatic heterocycles. The third-order valence-corrected chi connectivity index (χ3v) is 19.3. The van der Waals surface area contributed by atoms with Crippen LogP contribution in [0.4, 0.5) is 0 Å². The Labute approximate surface area is 746 Å². The largest absolute Gasteiger partial charge is 0.394 e. The van der Waals surface area contributed by atoms with Crippen molar-refractivity contribution in [2.24, 2.45) is 73.2 Å². The number of benzene rings is 2. The molecule has 0 heterocycles. The Morgan fingerprint density at radius 1 is 0.364 bits per heavy atom. The fourth-order valence-corrected chi connectivity index (χ4v) is 12.3. The van der Waals surface area contributed by atoms with Gasteiger partial charge in [-0.05, 0) is 141 Å². The summed E-state index contributed by atoms with van der Waals surface area (Å²) in [7, 11) is 0. The lowest BCUT2D eigenvalue weighted by molar-refractivity contribution is -0.136. The van der Waals surface area contributed by atoms with Crippen molar-refractivity contribution in [1.82, 2.24) is 85.1 Å². The van der Waals surface area contributed by atoms with Crippen LogP contribution >= 0.6 is 0 Å². The molecule has 2 rings (SSSR count). The van der Waals surface area contributed by atoms with E-state index in [1.54, 1.807) is 74.5 Å². The van der Waals surface area contributed by atoms with Crippen LogP contribution in [0.2, 0.25) is 0 Å². The Morgan fingerprint density at radius 2 is 0.744 bits per heavy atom. The van der Waals surface area contributed by atoms with Gasteiger partial charge in [-0.2, -0.15) is 0 Å². The molecule has 0 saturated carbocycles. The first-order valence-electron chi connectivity index (χ1n) is 42.2. The monoisotopic (exact) mass is 1820 g/mol. The van der Waals surface area contributed by atoms with Crippen molar-refractivity contribution in [3.63, 3.8) is 0 Å². The molecule has 0 saturated heterocycles. The summed E-state index contributed by atoms with van der Waals surface area (Å²) in [5.41, 5.74) is 57.0. The lowest BCUT2D eigenvalue weighted by atomic mass is 10.0. The highest BCUT2D eigenvalue weighted by Crippen LogP contribution is 2.14. The molecule has 49 heteroatoms. The van der Waals surface area contributed by atoms with E-state index in [9.17, 15) is 101 Å². The normalized spacial score (nSPS) is 14.4. The second-order valence-corrected chi connectivity index (χ2v) is 30.9. The first kappa shape index (κ1) is 112. The van der Waals surface area contributed by atoms with E-state index < -0.39 is 236 Å². The molecule has 718 valence electrons. The van der Waals surface area contributed by atoms with Crippen molar-refractivity contribution in [2.45, 2.75) is 241 Å². The quantitative estimate of drug-likeness (QED) is 0.0166. The molecule has 2 aromatic rings. The van der Waals surface area contributed by atoms with Crippen molar-refractivity contribution in [3.8, 4) is 0 Å². The minimum Gasteiger partial charge on any atom is -0.394 e. The predicted octanol–water partition coefficient (Wildman–Crippen LogP) is -11.7. The number of hydrogen-bond donors (Lipinski definition) is 28. The Balaban J connectivity index is 2.33. The van der Waals surface area contributed by atoms with Crippen LogP contribution in [0.15, 0.2) is 70.6 Å². The van der Waals surface area contributed by atoms with Gasteiger partial charge >= 0.3 is 0 Å². The topological polar surface area (TPSA) is 842 Å². The maximum Gasteiger partial charge on any atom is 0.245 e. The standard InChI is InChI=1S/C80H132N28O21/c1-7-49(69(120)102-54(27-19-33-92-80(89)90)71(122)103-51(24-14-16-30-81)72(123)106-55(34-42(2)3)74(125)97-44(5)67(118)105-57(37-60(85)112)75(126)100-50(65(86)116)28-29-59(84)111)99-77(128)58(41-109)107-73(124)52(25-15-17-31-82)104-70(121)53(26-18-32-91-79(87)88)101-66(117)43(4)96-62(114)40-95-78(129)64(45(6)110)108-76(127)56(36-47-22-12-9-13-23-47)98-63(115)39-93-61(113)38-94-68(119)48(83)35-46-20-10-8-11-21-46/h8-13,20-23,42-45,48-58,64,109-110H,7,14-19,24-41,81-83H2,1-6H3,(H2,84,111)(H2,85,112)(H2,86,116)(H,93,113)(H,94,119)(H,95,129)(H,96,114)(H,97,125)(H,98,115)(H,99,128)(H,100,126)(H,101,117)(H,102,120)(H,103,122)(H,104,121)(H,105,118)(H,106,123)(H,107,124)(H,108,127)(H4,87,88,91)(H4,89,90,92)/t43-,44-,45+,48-,49-,50-,51-,52-,53-,54-,55-,56-,57-,58-,64-/m0/s1. The van der Waals surface area contributed by atoms with Gasteiger partial charge in [-0.25, -0.2) is 0 Å². The second kappa shape index (κ2) is 60.4. The van der Waals surface area contributed by atoms with Gasteiger partial charge in [0, 0.05) is 25.9 Å². The molecule has 2 aromatic carbocycles. The SMILES string of the molecule is CC[C@H](NC(=O)[C@H](CO)NC(=O)[C@H](CCCCN)NC(=O)[C@H](CCCN=C(N)N)NC(=O)[C@H](C)NC(=O)CNC(=O)[C@@H](NC(=O)[C@H](Cc1ccccc1)NC(=O)CNC(=O)CNC(=O)[C@@H](N)Cc1ccccc1)[C@@H](C)O)C(=O)N[C@@H](CCCN=C(N)N)C(=O)N[C@@H](CCCCN)C(=O)N[C@@H](CC(C)C)C(=O)N[C@@H](C)C(=O)N[C@@H](CC(N)=O)C(=O)N[C@@H](CCC(N)=O)C(N)=O. The van der Waals surface area contributed by atoms with E-state index >= 15 is 0 Å². The van der Waals surface area contributed by atoms with Crippen molar-refractivity contribution in [2.75, 3.05) is 52.4 Å². The maximum absolute atomic E-state index is 14.5. The van der Waals surface area contributed by atoms with Crippen molar-refractivity contribution in [3.05, 3.63) is 71.8 Å². The molecule has 38 N–H and O–H groups in total. The number of aliphatic hydroxyl groups is 2. The van der Waals surface area contributed by atoms with E-state index in [0.29, 0.717) is 18.4 Å². The number of nitrogens with one attached hydrogen (secondary N) is 16. The summed E-state index contributed by atoms with van der Waals surface area (Å²) in [6.07, 6.45) is -2.88. The summed E-state index contributed by atoms with van der Waals surface area (Å²) in [5.74, 6) is -19.3. The molecule has 0 spiro atoms. The van der Waals surface area contributed by atoms with Crippen LogP contribution in [0, 0.1) is 5.92 Å². The van der Waals surface area contributed by atoms with Crippen molar-refractivity contribution in [1.29, 1.82) is 0 Å². The molecule has 0 bridgehead atoms. The summed E-state index contributed by atoms with van der Waals surface area (Å²) in [6.45, 7) is 5.44. The van der Waals surface area contributed by atoms with E-state index in [-0.39, 0.29) is 134 Å². The highest BCUT2D eigenvalue weighted by Gasteiger charge is 2.38. The van der Waals surface area contributed by atoms with Crippen LogP contribution in [0.3, 0.4) is 0 Å². The number of rotatable bonds is 63. The minimum absolute atomic E-state index is 0.0232. The average Bonchev–Trinajstić information content (AvgIpc) is 0.854. The molecule has 49 nitrogen and oxygen atoms in total. The zero-order valence-electron chi connectivity index (χ0n) is 73.5. The average molecular weight is 1820 g/mol. The molecular formula is C80H132N28O21. The number of aliphatic imine (C=N–C) groups is 2. The summed E-state index contributed by atoms with van der Waals surface area (Å²) in [5, 5.41) is 60.2. The lowest BCUT2D eigenvalue weighted by Crippen LogP contribution is -2.61. The number of primary amides is 3. The molecule has 0 radical (unpaired) electrons. The van der Waals surface area contributed by atoms with E-state index in [1.165, 1.54) is 20.8 Å². The Hall–Kier alpha value is -13.3. The van der Waals surface area contributed by atoms with Crippen LogP contribution in [-0.4, -0.2) is 277 Å². The van der Waals surface area contributed by atoms with Gasteiger partial charge < -0.3 is 153 Å². The van der Waals surface area contributed by atoms with Crippen LogP contribution < -0.4 is 142 Å². The van der Waals surface area contributed by atoms with Crippen LogP contribution in [-0.2, 0) is 104 Å². The molecule has 19 amide bonds. The smallest absolute Gasteiger partial charge is 0.245 e. The number of carbonyl (C=O) groups is 19. The number of nitrogens with zero attached hydrogens (tertiary/aromatic N) is 2. The molecule has 0 aliphatic carbocycles. The van der Waals surface area contributed by atoms with Gasteiger partial charge in [0.25, 0.3) is 0 Å². The van der Waals surface area contributed by atoms with E-state index in [4.69, 9.17) is 57.3 Å². The number of hydrogen-bond acceptors (Lipinski definition) is 26. The summed E-state index contributed by atoms with van der Waals surface area (Å²) in [6, 6.07) is -3.87. The molecule has 0 aliphatic heterocycles. The third kappa shape index (κ3) is 45.6. The molecule has 0 unspecified atom stereocenters.